The maximum atomic E-state index is 11.0. The third-order valence-electron chi connectivity index (χ3n) is 4.40. The zero-order chi connectivity index (χ0) is 15.5. The van der Waals surface area contributed by atoms with E-state index in [9.17, 15) is 4.79 Å². The topological polar surface area (TPSA) is 65.2 Å². The predicted molar refractivity (Wildman–Crippen MR) is 78.9 cm³/mol. The summed E-state index contributed by atoms with van der Waals surface area (Å²) < 4.78 is 11.3. The first kappa shape index (κ1) is 16.1. The molecule has 1 aliphatic rings. The van der Waals surface area contributed by atoms with Crippen LogP contribution in [0.5, 0.6) is 0 Å². The van der Waals surface area contributed by atoms with Crippen molar-refractivity contribution >= 4 is 5.78 Å². The SMILES string of the molecule is CCOC1(c2noc(CCC(C)=O)n2)CCC(C)(C)CC1. The highest BCUT2D eigenvalue weighted by Crippen LogP contribution is 2.46. The Kier molecular flexibility index (Phi) is 4.81. The quantitative estimate of drug-likeness (QED) is 0.804. The number of aromatic nitrogens is 2. The van der Waals surface area contributed by atoms with Crippen molar-refractivity contribution in [3.05, 3.63) is 11.7 Å². The molecular formula is C16H26N2O3. The largest absolute Gasteiger partial charge is 0.367 e. The van der Waals surface area contributed by atoms with E-state index in [1.165, 1.54) is 0 Å². The molecule has 0 bridgehead atoms. The maximum Gasteiger partial charge on any atom is 0.227 e. The van der Waals surface area contributed by atoms with E-state index in [4.69, 9.17) is 9.26 Å². The molecular weight excluding hydrogens is 268 g/mol. The zero-order valence-corrected chi connectivity index (χ0v) is 13.6. The molecule has 0 amide bonds. The van der Waals surface area contributed by atoms with Crippen LogP contribution in [-0.2, 0) is 21.6 Å². The Balaban J connectivity index is 2.13. The minimum atomic E-state index is -0.414. The number of hydrogen-bond donors (Lipinski definition) is 0. The summed E-state index contributed by atoms with van der Waals surface area (Å²) >= 11 is 0. The Morgan fingerprint density at radius 3 is 2.52 bits per heavy atom. The fourth-order valence-corrected chi connectivity index (χ4v) is 2.86. The Morgan fingerprint density at radius 1 is 1.29 bits per heavy atom. The van der Waals surface area contributed by atoms with E-state index in [0.717, 1.165) is 25.7 Å². The van der Waals surface area contributed by atoms with Crippen molar-refractivity contribution in [2.24, 2.45) is 5.41 Å². The van der Waals surface area contributed by atoms with Gasteiger partial charge in [0.2, 0.25) is 11.7 Å². The average Bonchev–Trinajstić information content (AvgIpc) is 2.89. The standard InChI is InChI=1S/C16H26N2O3/c1-5-20-16(10-8-15(3,4)9-11-16)14-17-13(21-18-14)7-6-12(2)19/h5-11H2,1-4H3. The lowest BCUT2D eigenvalue weighted by Crippen LogP contribution is -2.38. The number of ether oxygens (including phenoxy) is 1. The minimum absolute atomic E-state index is 0.133. The molecule has 1 heterocycles. The van der Waals surface area contributed by atoms with E-state index < -0.39 is 5.60 Å². The van der Waals surface area contributed by atoms with Crippen molar-refractivity contribution in [2.45, 2.75) is 71.8 Å². The highest BCUT2D eigenvalue weighted by atomic mass is 16.5. The zero-order valence-electron chi connectivity index (χ0n) is 13.6. The van der Waals surface area contributed by atoms with Gasteiger partial charge in [-0.15, -0.1) is 0 Å². The molecule has 0 radical (unpaired) electrons. The molecule has 1 aromatic heterocycles. The average molecular weight is 294 g/mol. The number of aryl methyl sites for hydroxylation is 1. The van der Waals surface area contributed by atoms with Gasteiger partial charge < -0.3 is 14.1 Å². The van der Waals surface area contributed by atoms with Crippen molar-refractivity contribution < 1.29 is 14.1 Å². The second-order valence-corrected chi connectivity index (χ2v) is 6.81. The van der Waals surface area contributed by atoms with Crippen molar-refractivity contribution in [3.63, 3.8) is 0 Å². The van der Waals surface area contributed by atoms with Gasteiger partial charge in [0.05, 0.1) is 0 Å². The van der Waals surface area contributed by atoms with Gasteiger partial charge in [-0.1, -0.05) is 19.0 Å². The Bertz CT molecular complexity index is 483. The van der Waals surface area contributed by atoms with Crippen molar-refractivity contribution in [1.29, 1.82) is 0 Å². The molecule has 1 aliphatic carbocycles. The molecule has 2 rings (SSSR count). The molecule has 0 spiro atoms. The number of rotatable bonds is 6. The molecule has 0 aromatic carbocycles. The molecule has 0 N–H and O–H groups in total. The molecule has 5 nitrogen and oxygen atoms in total. The summed E-state index contributed by atoms with van der Waals surface area (Å²) in [6, 6.07) is 0. The van der Waals surface area contributed by atoms with Gasteiger partial charge >= 0.3 is 0 Å². The van der Waals surface area contributed by atoms with Crippen LogP contribution in [-0.4, -0.2) is 22.5 Å². The highest BCUT2D eigenvalue weighted by Gasteiger charge is 2.43. The highest BCUT2D eigenvalue weighted by molar-refractivity contribution is 5.75. The fraction of sp³-hybridized carbons (Fsp3) is 0.812. The fourth-order valence-electron chi connectivity index (χ4n) is 2.86. The summed E-state index contributed by atoms with van der Waals surface area (Å²) in [5.41, 5.74) is -0.0654. The van der Waals surface area contributed by atoms with Gasteiger partial charge in [0.15, 0.2) is 0 Å². The number of nitrogens with zero attached hydrogens (tertiary/aromatic N) is 2. The van der Waals surface area contributed by atoms with Crippen LogP contribution in [0.1, 0.15) is 71.5 Å². The summed E-state index contributed by atoms with van der Waals surface area (Å²) in [6.07, 6.45) is 4.96. The normalized spacial score (nSPS) is 20.4. The van der Waals surface area contributed by atoms with E-state index >= 15 is 0 Å². The van der Waals surface area contributed by atoms with E-state index in [0.29, 0.717) is 36.6 Å². The third-order valence-corrected chi connectivity index (χ3v) is 4.40. The summed E-state index contributed by atoms with van der Waals surface area (Å²) in [5, 5.41) is 4.13. The lowest BCUT2D eigenvalue weighted by molar-refractivity contribution is -0.117. The van der Waals surface area contributed by atoms with Gasteiger partial charge in [-0.05, 0) is 44.9 Å². The first-order valence-corrected chi connectivity index (χ1v) is 7.83. The van der Waals surface area contributed by atoms with E-state index in [1.807, 2.05) is 6.92 Å². The van der Waals surface area contributed by atoms with Crippen LogP contribution in [0.25, 0.3) is 0 Å². The predicted octanol–water partition coefficient (Wildman–Crippen LogP) is 3.42. The third kappa shape index (κ3) is 3.90. The van der Waals surface area contributed by atoms with Gasteiger partial charge in [-0.3, -0.25) is 0 Å². The van der Waals surface area contributed by atoms with Crippen LogP contribution in [0.4, 0.5) is 0 Å². The Hall–Kier alpha value is -1.23. The number of Topliss-reactive ketones (excluding diaryl/α,β-unsaturated/α-hetero) is 1. The molecule has 21 heavy (non-hydrogen) atoms. The number of ketones is 1. The molecule has 0 unspecified atom stereocenters. The summed E-state index contributed by atoms with van der Waals surface area (Å²) in [4.78, 5) is 15.5. The summed E-state index contributed by atoms with van der Waals surface area (Å²) in [7, 11) is 0. The van der Waals surface area contributed by atoms with Crippen molar-refractivity contribution in [1.82, 2.24) is 10.1 Å². The van der Waals surface area contributed by atoms with E-state index in [-0.39, 0.29) is 5.78 Å². The molecule has 5 heteroatoms. The van der Waals surface area contributed by atoms with E-state index in [2.05, 4.69) is 24.0 Å². The minimum Gasteiger partial charge on any atom is -0.367 e. The van der Waals surface area contributed by atoms with Gasteiger partial charge in [0.25, 0.3) is 0 Å². The van der Waals surface area contributed by atoms with Crippen LogP contribution in [0, 0.1) is 5.41 Å². The van der Waals surface area contributed by atoms with Crippen LogP contribution < -0.4 is 0 Å². The second kappa shape index (κ2) is 6.26. The molecule has 118 valence electrons. The molecule has 1 aromatic rings. The van der Waals surface area contributed by atoms with Crippen molar-refractivity contribution in [3.8, 4) is 0 Å². The van der Waals surface area contributed by atoms with Crippen molar-refractivity contribution in [2.75, 3.05) is 6.61 Å². The Labute approximate surface area is 126 Å². The number of carbonyl (C=O) groups is 1. The first-order chi connectivity index (χ1) is 9.87. The van der Waals surface area contributed by atoms with Gasteiger partial charge in [-0.2, -0.15) is 4.98 Å². The smallest absolute Gasteiger partial charge is 0.227 e. The van der Waals surface area contributed by atoms with Crippen LogP contribution in [0.15, 0.2) is 4.52 Å². The number of hydrogen-bond acceptors (Lipinski definition) is 5. The molecule has 1 saturated carbocycles. The summed E-state index contributed by atoms with van der Waals surface area (Å²) in [5.74, 6) is 1.32. The molecule has 1 fully saturated rings. The number of carbonyl (C=O) groups excluding carboxylic acids is 1. The maximum absolute atomic E-state index is 11.0. The lowest BCUT2D eigenvalue weighted by atomic mass is 9.70. The van der Waals surface area contributed by atoms with Gasteiger partial charge in [0.1, 0.15) is 11.4 Å². The van der Waals surface area contributed by atoms with Crippen LogP contribution in [0.3, 0.4) is 0 Å². The molecule has 0 saturated heterocycles. The monoisotopic (exact) mass is 294 g/mol. The van der Waals surface area contributed by atoms with Crippen LogP contribution >= 0.6 is 0 Å². The first-order valence-electron chi connectivity index (χ1n) is 7.83. The van der Waals surface area contributed by atoms with Crippen LogP contribution in [0.2, 0.25) is 0 Å². The summed E-state index contributed by atoms with van der Waals surface area (Å²) in [6.45, 7) is 8.78. The lowest BCUT2D eigenvalue weighted by Gasteiger charge is -2.41. The van der Waals surface area contributed by atoms with Gasteiger partial charge in [0, 0.05) is 19.4 Å². The van der Waals surface area contributed by atoms with Gasteiger partial charge in [-0.25, -0.2) is 0 Å². The Morgan fingerprint density at radius 2 is 1.95 bits per heavy atom. The second-order valence-electron chi connectivity index (χ2n) is 6.81. The molecule has 0 aliphatic heterocycles. The molecule has 0 atom stereocenters. The van der Waals surface area contributed by atoms with E-state index in [1.54, 1.807) is 6.92 Å².